The standard InChI is InChI=1S/C19H27F2NO5S/c1-13-4-7-15(8-5-13)22(2)18(23)12-28(24,25)11-14-6-9-16(27-19(20)21)17(10-14)26-3/h6,9-10,13,15,19H,4-5,7-8,11-12H2,1-3H3. The first-order valence-corrected chi connectivity index (χ1v) is 11.0. The lowest BCUT2D eigenvalue weighted by Gasteiger charge is -2.33. The highest BCUT2D eigenvalue weighted by Crippen LogP contribution is 2.30. The van der Waals surface area contributed by atoms with Gasteiger partial charge in [-0.3, -0.25) is 4.79 Å². The summed E-state index contributed by atoms with van der Waals surface area (Å²) in [6.07, 6.45) is 3.82. The fourth-order valence-corrected chi connectivity index (χ4v) is 4.79. The third-order valence-corrected chi connectivity index (χ3v) is 6.56. The lowest BCUT2D eigenvalue weighted by molar-refractivity contribution is -0.129. The number of benzene rings is 1. The summed E-state index contributed by atoms with van der Waals surface area (Å²) in [4.78, 5) is 14.0. The smallest absolute Gasteiger partial charge is 0.387 e. The van der Waals surface area contributed by atoms with Gasteiger partial charge in [-0.2, -0.15) is 8.78 Å². The summed E-state index contributed by atoms with van der Waals surface area (Å²) in [6.45, 7) is -0.839. The number of ether oxygens (including phenoxy) is 2. The molecule has 0 unspecified atom stereocenters. The van der Waals surface area contributed by atoms with E-state index >= 15 is 0 Å². The van der Waals surface area contributed by atoms with Crippen molar-refractivity contribution in [1.82, 2.24) is 4.90 Å². The van der Waals surface area contributed by atoms with Gasteiger partial charge in [-0.15, -0.1) is 0 Å². The molecule has 0 aliphatic heterocycles. The average Bonchev–Trinajstić information content (AvgIpc) is 2.61. The number of alkyl halides is 2. The molecule has 1 aliphatic carbocycles. The van der Waals surface area contributed by atoms with Gasteiger partial charge in [0.1, 0.15) is 5.75 Å². The van der Waals surface area contributed by atoms with E-state index in [1.54, 1.807) is 11.9 Å². The van der Waals surface area contributed by atoms with Crippen molar-refractivity contribution in [3.8, 4) is 11.5 Å². The third kappa shape index (κ3) is 6.32. The van der Waals surface area contributed by atoms with Crippen LogP contribution in [0.15, 0.2) is 18.2 Å². The molecule has 0 N–H and O–H groups in total. The number of nitrogens with zero attached hydrogens (tertiary/aromatic N) is 1. The molecular formula is C19H27F2NO5S. The number of sulfone groups is 1. The van der Waals surface area contributed by atoms with Gasteiger partial charge < -0.3 is 14.4 Å². The summed E-state index contributed by atoms with van der Waals surface area (Å²) in [5, 5.41) is 0. The van der Waals surface area contributed by atoms with E-state index in [9.17, 15) is 22.0 Å². The molecule has 1 aliphatic rings. The number of methoxy groups -OCH3 is 1. The molecule has 2 rings (SSSR count). The Morgan fingerprint density at radius 2 is 1.86 bits per heavy atom. The van der Waals surface area contributed by atoms with Crippen molar-refractivity contribution in [1.29, 1.82) is 0 Å². The Bertz CT molecular complexity index is 777. The Morgan fingerprint density at radius 3 is 2.43 bits per heavy atom. The van der Waals surface area contributed by atoms with Crippen LogP contribution in [0.25, 0.3) is 0 Å². The van der Waals surface area contributed by atoms with Crippen LogP contribution >= 0.6 is 0 Å². The van der Waals surface area contributed by atoms with E-state index in [0.717, 1.165) is 25.7 Å². The molecule has 0 radical (unpaired) electrons. The minimum atomic E-state index is -3.72. The number of amides is 1. The van der Waals surface area contributed by atoms with Crippen LogP contribution in [0.4, 0.5) is 8.78 Å². The Balaban J connectivity index is 2.01. The first kappa shape index (κ1) is 22.4. The van der Waals surface area contributed by atoms with Crippen LogP contribution in [0.5, 0.6) is 11.5 Å². The van der Waals surface area contributed by atoms with Crippen molar-refractivity contribution in [2.75, 3.05) is 19.9 Å². The lowest BCUT2D eigenvalue weighted by atomic mass is 9.87. The average molecular weight is 419 g/mol. The molecule has 1 fully saturated rings. The minimum absolute atomic E-state index is 0.00719. The molecule has 1 amide bonds. The number of hydrogen-bond donors (Lipinski definition) is 0. The number of rotatable bonds is 8. The van der Waals surface area contributed by atoms with Crippen molar-refractivity contribution in [3.63, 3.8) is 0 Å². The molecule has 158 valence electrons. The van der Waals surface area contributed by atoms with E-state index in [1.165, 1.54) is 25.3 Å². The van der Waals surface area contributed by atoms with Gasteiger partial charge in [0.2, 0.25) is 5.91 Å². The van der Waals surface area contributed by atoms with E-state index in [-0.39, 0.29) is 23.3 Å². The van der Waals surface area contributed by atoms with Crippen LogP contribution in [0.1, 0.15) is 38.2 Å². The van der Waals surface area contributed by atoms with E-state index in [0.29, 0.717) is 11.5 Å². The van der Waals surface area contributed by atoms with Crippen molar-refractivity contribution in [2.45, 2.75) is 51.0 Å². The third-order valence-electron chi connectivity index (χ3n) is 5.10. The van der Waals surface area contributed by atoms with Gasteiger partial charge in [0, 0.05) is 13.1 Å². The van der Waals surface area contributed by atoms with E-state index < -0.39 is 28.1 Å². The lowest BCUT2D eigenvalue weighted by Crippen LogP contribution is -2.42. The summed E-state index contributed by atoms with van der Waals surface area (Å²) in [5.41, 5.74) is 0.334. The zero-order valence-electron chi connectivity index (χ0n) is 16.4. The van der Waals surface area contributed by atoms with E-state index in [2.05, 4.69) is 11.7 Å². The van der Waals surface area contributed by atoms with Gasteiger partial charge >= 0.3 is 6.61 Å². The Kier molecular flexibility index (Phi) is 7.63. The predicted molar refractivity (Wildman–Crippen MR) is 101 cm³/mol. The topological polar surface area (TPSA) is 72.9 Å². The first-order chi connectivity index (χ1) is 13.1. The van der Waals surface area contributed by atoms with Gasteiger partial charge in [-0.1, -0.05) is 13.0 Å². The van der Waals surface area contributed by atoms with Crippen molar-refractivity contribution in [3.05, 3.63) is 23.8 Å². The van der Waals surface area contributed by atoms with Crippen molar-refractivity contribution >= 4 is 15.7 Å². The maximum Gasteiger partial charge on any atom is 0.387 e. The first-order valence-electron chi connectivity index (χ1n) is 9.19. The second-order valence-electron chi connectivity index (χ2n) is 7.31. The highest BCUT2D eigenvalue weighted by atomic mass is 32.2. The van der Waals surface area contributed by atoms with Crippen molar-refractivity contribution in [2.24, 2.45) is 5.92 Å². The molecule has 0 spiro atoms. The molecule has 1 aromatic carbocycles. The van der Waals surface area contributed by atoms with Crippen LogP contribution < -0.4 is 9.47 Å². The van der Waals surface area contributed by atoms with E-state index in [4.69, 9.17) is 4.74 Å². The van der Waals surface area contributed by atoms with Crippen LogP contribution in [0.2, 0.25) is 0 Å². The summed E-state index contributed by atoms with van der Waals surface area (Å²) >= 11 is 0. The predicted octanol–water partition coefficient (Wildman–Crippen LogP) is 3.25. The molecule has 0 heterocycles. The quantitative estimate of drug-likeness (QED) is 0.647. The summed E-state index contributed by atoms with van der Waals surface area (Å²) < 4.78 is 59.0. The van der Waals surface area contributed by atoms with Gasteiger partial charge in [-0.05, 0) is 49.3 Å². The number of halogens is 2. The molecule has 28 heavy (non-hydrogen) atoms. The fourth-order valence-electron chi connectivity index (χ4n) is 3.42. The SMILES string of the molecule is COc1cc(CS(=O)(=O)CC(=O)N(C)C2CCC(C)CC2)ccc1OC(F)F. The highest BCUT2D eigenvalue weighted by molar-refractivity contribution is 7.91. The number of hydrogen-bond acceptors (Lipinski definition) is 5. The van der Waals surface area contributed by atoms with Gasteiger partial charge in [0.15, 0.2) is 21.3 Å². The zero-order valence-corrected chi connectivity index (χ0v) is 17.2. The number of carbonyl (C=O) groups excluding carboxylic acids is 1. The van der Waals surface area contributed by atoms with Crippen LogP contribution in [0, 0.1) is 5.92 Å². The number of carbonyl (C=O) groups is 1. The molecule has 0 saturated heterocycles. The highest BCUT2D eigenvalue weighted by Gasteiger charge is 2.28. The van der Waals surface area contributed by atoms with Crippen LogP contribution in [-0.4, -0.2) is 51.8 Å². The molecule has 1 saturated carbocycles. The second kappa shape index (κ2) is 9.54. The maximum atomic E-state index is 12.5. The maximum absolute atomic E-state index is 12.5. The van der Waals surface area contributed by atoms with Gasteiger partial charge in [0.05, 0.1) is 12.9 Å². The van der Waals surface area contributed by atoms with Crippen LogP contribution in [0.3, 0.4) is 0 Å². The molecule has 1 aromatic rings. The Labute approximate surface area is 164 Å². The summed E-state index contributed by atoms with van der Waals surface area (Å²) in [7, 11) is -0.801. The second-order valence-corrected chi connectivity index (χ2v) is 9.38. The summed E-state index contributed by atoms with van der Waals surface area (Å²) in [6, 6.07) is 4.00. The monoisotopic (exact) mass is 419 g/mol. The van der Waals surface area contributed by atoms with E-state index in [1.807, 2.05) is 0 Å². The molecule has 0 bridgehead atoms. The zero-order chi connectivity index (χ0) is 20.9. The molecular weight excluding hydrogens is 392 g/mol. The largest absolute Gasteiger partial charge is 0.493 e. The van der Waals surface area contributed by atoms with Crippen LogP contribution in [-0.2, 0) is 20.4 Å². The Morgan fingerprint density at radius 1 is 1.21 bits per heavy atom. The summed E-state index contributed by atoms with van der Waals surface area (Å²) in [5.74, 6) is -0.944. The molecule has 0 aromatic heterocycles. The molecule has 6 nitrogen and oxygen atoms in total. The molecule has 9 heteroatoms. The minimum Gasteiger partial charge on any atom is -0.493 e. The Hall–Kier alpha value is -1.90. The van der Waals surface area contributed by atoms with Crippen molar-refractivity contribution < 1.29 is 31.5 Å². The fraction of sp³-hybridized carbons (Fsp3) is 0.632. The van der Waals surface area contributed by atoms with Gasteiger partial charge in [0.25, 0.3) is 0 Å². The van der Waals surface area contributed by atoms with Gasteiger partial charge in [-0.25, -0.2) is 8.42 Å². The normalized spacial score (nSPS) is 20.1. The molecule has 0 atom stereocenters.